The molecule has 0 aromatic rings. The molecule has 0 spiro atoms. The van der Waals surface area contributed by atoms with E-state index in [-0.39, 0.29) is 36.0 Å². The maximum Gasteiger partial charge on any atom is 0.308 e. The van der Waals surface area contributed by atoms with Crippen molar-refractivity contribution in [2.45, 2.75) is 32.6 Å². The third-order valence-corrected chi connectivity index (χ3v) is 3.14. The lowest BCUT2D eigenvalue weighted by atomic mass is 9.81. The molecule has 1 amide bonds. The maximum absolute atomic E-state index is 11.7. The van der Waals surface area contributed by atoms with Crippen LogP contribution in [-0.2, 0) is 19.1 Å². The van der Waals surface area contributed by atoms with Crippen molar-refractivity contribution in [1.29, 1.82) is 0 Å². The van der Waals surface area contributed by atoms with Crippen LogP contribution in [0.2, 0.25) is 0 Å². The van der Waals surface area contributed by atoms with Crippen LogP contribution in [0.1, 0.15) is 32.6 Å². The second-order valence-corrected chi connectivity index (χ2v) is 4.49. The molecule has 1 aliphatic rings. The molecule has 5 heteroatoms. The Hall–Kier alpha value is -1.39. The van der Waals surface area contributed by atoms with Gasteiger partial charge in [-0.05, 0) is 32.6 Å². The van der Waals surface area contributed by atoms with E-state index in [1.165, 1.54) is 14.0 Å². The number of ether oxygens (including phenoxy) is 1. The summed E-state index contributed by atoms with van der Waals surface area (Å²) < 4.78 is 4.68. The SMILES string of the molecule is COC(=O)C1CCC(C(=O)NCC(C)=O)CC1. The van der Waals surface area contributed by atoms with Crippen LogP contribution in [0, 0.1) is 11.8 Å². The van der Waals surface area contributed by atoms with Crippen molar-refractivity contribution < 1.29 is 19.1 Å². The number of esters is 1. The average molecular weight is 241 g/mol. The summed E-state index contributed by atoms with van der Waals surface area (Å²) >= 11 is 0. The number of methoxy groups -OCH3 is 1. The fourth-order valence-electron chi connectivity index (χ4n) is 2.11. The number of hydrogen-bond acceptors (Lipinski definition) is 4. The van der Waals surface area contributed by atoms with Crippen LogP contribution in [-0.4, -0.2) is 31.3 Å². The summed E-state index contributed by atoms with van der Waals surface area (Å²) in [7, 11) is 1.38. The van der Waals surface area contributed by atoms with E-state index in [0.29, 0.717) is 25.7 Å². The predicted octanol–water partition coefficient (Wildman–Crippen LogP) is 0.671. The van der Waals surface area contributed by atoms with E-state index in [2.05, 4.69) is 10.1 Å². The molecular weight excluding hydrogens is 222 g/mol. The van der Waals surface area contributed by atoms with Gasteiger partial charge in [-0.15, -0.1) is 0 Å². The van der Waals surface area contributed by atoms with Crippen LogP contribution in [0.5, 0.6) is 0 Å². The minimum absolute atomic E-state index is 0.0541. The van der Waals surface area contributed by atoms with Crippen molar-refractivity contribution in [1.82, 2.24) is 5.32 Å². The van der Waals surface area contributed by atoms with E-state index in [0.717, 1.165) is 0 Å². The van der Waals surface area contributed by atoms with E-state index < -0.39 is 0 Å². The first-order valence-electron chi connectivity index (χ1n) is 5.89. The molecule has 0 radical (unpaired) electrons. The summed E-state index contributed by atoms with van der Waals surface area (Å²) in [5.41, 5.74) is 0. The van der Waals surface area contributed by atoms with Gasteiger partial charge in [-0.3, -0.25) is 14.4 Å². The van der Waals surface area contributed by atoms with E-state index in [1.807, 2.05) is 0 Å². The Morgan fingerprint density at radius 2 is 1.65 bits per heavy atom. The summed E-state index contributed by atoms with van der Waals surface area (Å²) in [6.45, 7) is 1.53. The molecule has 0 saturated heterocycles. The zero-order valence-corrected chi connectivity index (χ0v) is 10.3. The maximum atomic E-state index is 11.7. The Balaban J connectivity index is 2.33. The molecule has 5 nitrogen and oxygen atoms in total. The van der Waals surface area contributed by atoms with Crippen LogP contribution in [0.4, 0.5) is 0 Å². The highest BCUT2D eigenvalue weighted by atomic mass is 16.5. The van der Waals surface area contributed by atoms with E-state index >= 15 is 0 Å². The third kappa shape index (κ3) is 4.17. The quantitative estimate of drug-likeness (QED) is 0.734. The standard InChI is InChI=1S/C12H19NO4/c1-8(14)7-13-11(15)9-3-5-10(6-4-9)12(16)17-2/h9-10H,3-7H2,1-2H3,(H,13,15). The summed E-state index contributed by atoms with van der Waals surface area (Å²) in [5.74, 6) is -0.468. The van der Waals surface area contributed by atoms with Gasteiger partial charge in [-0.1, -0.05) is 0 Å². The van der Waals surface area contributed by atoms with Crippen LogP contribution in [0.15, 0.2) is 0 Å². The van der Waals surface area contributed by atoms with Crippen molar-refractivity contribution in [3.63, 3.8) is 0 Å². The predicted molar refractivity (Wildman–Crippen MR) is 61.2 cm³/mol. The molecule has 0 aliphatic heterocycles. The normalized spacial score (nSPS) is 23.9. The summed E-state index contributed by atoms with van der Waals surface area (Å²) in [4.78, 5) is 33.7. The highest BCUT2D eigenvalue weighted by molar-refractivity contribution is 5.85. The van der Waals surface area contributed by atoms with Gasteiger partial charge in [-0.2, -0.15) is 0 Å². The Morgan fingerprint density at radius 1 is 1.12 bits per heavy atom. The van der Waals surface area contributed by atoms with Crippen LogP contribution < -0.4 is 5.32 Å². The highest BCUT2D eigenvalue weighted by Crippen LogP contribution is 2.29. The van der Waals surface area contributed by atoms with Gasteiger partial charge in [0.05, 0.1) is 19.6 Å². The average Bonchev–Trinajstić information content (AvgIpc) is 2.35. The monoisotopic (exact) mass is 241 g/mol. The van der Waals surface area contributed by atoms with Crippen molar-refractivity contribution in [2.75, 3.05) is 13.7 Å². The smallest absolute Gasteiger partial charge is 0.308 e. The minimum atomic E-state index is -0.187. The Kier molecular flexibility index (Phi) is 5.12. The number of nitrogens with one attached hydrogen (secondary N) is 1. The third-order valence-electron chi connectivity index (χ3n) is 3.14. The molecule has 0 atom stereocenters. The fraction of sp³-hybridized carbons (Fsp3) is 0.750. The zero-order chi connectivity index (χ0) is 12.8. The van der Waals surface area contributed by atoms with Crippen LogP contribution in [0.3, 0.4) is 0 Å². The highest BCUT2D eigenvalue weighted by Gasteiger charge is 2.30. The number of ketones is 1. The van der Waals surface area contributed by atoms with Crippen molar-refractivity contribution >= 4 is 17.7 Å². The molecule has 0 aromatic heterocycles. The second kappa shape index (κ2) is 6.37. The number of hydrogen-bond donors (Lipinski definition) is 1. The van der Waals surface area contributed by atoms with Crippen LogP contribution >= 0.6 is 0 Å². The lowest BCUT2D eigenvalue weighted by Crippen LogP contribution is -2.36. The van der Waals surface area contributed by atoms with Gasteiger partial charge in [0, 0.05) is 5.92 Å². The fourth-order valence-corrected chi connectivity index (χ4v) is 2.11. The summed E-state index contributed by atoms with van der Waals surface area (Å²) in [6, 6.07) is 0. The Morgan fingerprint density at radius 3 is 2.12 bits per heavy atom. The lowest BCUT2D eigenvalue weighted by molar-refractivity contribution is -0.147. The molecule has 1 saturated carbocycles. The number of carbonyl (C=O) groups is 3. The van der Waals surface area contributed by atoms with Gasteiger partial charge in [-0.25, -0.2) is 0 Å². The molecule has 0 unspecified atom stereocenters. The molecule has 96 valence electrons. The van der Waals surface area contributed by atoms with Crippen molar-refractivity contribution in [2.24, 2.45) is 11.8 Å². The van der Waals surface area contributed by atoms with Gasteiger partial charge in [0.15, 0.2) is 0 Å². The molecule has 1 aliphatic carbocycles. The first kappa shape index (κ1) is 13.7. The molecule has 17 heavy (non-hydrogen) atoms. The summed E-state index contributed by atoms with van der Waals surface area (Å²) in [6.07, 6.45) is 2.74. The molecule has 0 bridgehead atoms. The van der Waals surface area contributed by atoms with Gasteiger partial charge in [0.2, 0.25) is 5.91 Å². The first-order valence-corrected chi connectivity index (χ1v) is 5.89. The zero-order valence-electron chi connectivity index (χ0n) is 10.3. The van der Waals surface area contributed by atoms with E-state index in [1.54, 1.807) is 0 Å². The summed E-state index contributed by atoms with van der Waals surface area (Å²) in [5, 5.41) is 2.61. The number of Topliss-reactive ketones (excluding diaryl/α,β-unsaturated/α-hetero) is 1. The molecule has 0 heterocycles. The molecule has 1 N–H and O–H groups in total. The van der Waals surface area contributed by atoms with Gasteiger partial charge in [0.1, 0.15) is 5.78 Å². The number of amides is 1. The first-order chi connectivity index (χ1) is 8.04. The Bertz CT molecular complexity index is 306. The lowest BCUT2D eigenvalue weighted by Gasteiger charge is -2.25. The van der Waals surface area contributed by atoms with E-state index in [4.69, 9.17) is 0 Å². The Labute approximate surface area is 101 Å². The number of carbonyl (C=O) groups excluding carboxylic acids is 3. The van der Waals surface area contributed by atoms with Gasteiger partial charge in [0.25, 0.3) is 0 Å². The molecule has 1 fully saturated rings. The molecular formula is C12H19NO4. The largest absolute Gasteiger partial charge is 0.469 e. The van der Waals surface area contributed by atoms with Crippen molar-refractivity contribution in [3.8, 4) is 0 Å². The second-order valence-electron chi connectivity index (χ2n) is 4.49. The van der Waals surface area contributed by atoms with Gasteiger partial charge >= 0.3 is 5.97 Å². The number of rotatable bonds is 4. The topological polar surface area (TPSA) is 72.5 Å². The van der Waals surface area contributed by atoms with Gasteiger partial charge < -0.3 is 10.1 Å². The van der Waals surface area contributed by atoms with Crippen molar-refractivity contribution in [3.05, 3.63) is 0 Å². The van der Waals surface area contributed by atoms with Crippen LogP contribution in [0.25, 0.3) is 0 Å². The molecule has 1 rings (SSSR count). The van der Waals surface area contributed by atoms with E-state index in [9.17, 15) is 14.4 Å². The minimum Gasteiger partial charge on any atom is -0.469 e. The molecule has 0 aromatic carbocycles.